The van der Waals surface area contributed by atoms with Crippen molar-refractivity contribution in [3.8, 4) is 0 Å². The first-order chi connectivity index (χ1) is 5.60. The molecule has 0 aliphatic heterocycles. The van der Waals surface area contributed by atoms with Gasteiger partial charge in [0.15, 0.2) is 0 Å². The molecule has 0 saturated heterocycles. The molecule has 2 heteroatoms. The third-order valence-electron chi connectivity index (χ3n) is 2.34. The van der Waals surface area contributed by atoms with Crippen LogP contribution in [0.5, 0.6) is 0 Å². The molecule has 0 radical (unpaired) electrons. The normalized spacial score (nSPS) is 13.5. The van der Waals surface area contributed by atoms with E-state index in [2.05, 4.69) is 36.6 Å². The summed E-state index contributed by atoms with van der Waals surface area (Å²) < 4.78 is 0. The van der Waals surface area contributed by atoms with Gasteiger partial charge in [-0.1, -0.05) is 0 Å². The van der Waals surface area contributed by atoms with Gasteiger partial charge in [-0.2, -0.15) is 0 Å². The summed E-state index contributed by atoms with van der Waals surface area (Å²) in [7, 11) is 0. The molecule has 1 atom stereocenters. The third kappa shape index (κ3) is 6.15. The zero-order valence-corrected chi connectivity index (χ0v) is 11.9. The van der Waals surface area contributed by atoms with Crippen LogP contribution < -0.4 is 0 Å². The molecule has 0 aromatic heterocycles. The summed E-state index contributed by atoms with van der Waals surface area (Å²) in [5, 5.41) is 0. The summed E-state index contributed by atoms with van der Waals surface area (Å²) in [4.78, 5) is 4.08. The van der Waals surface area contributed by atoms with E-state index in [1.807, 2.05) is 0 Å². The molecule has 0 bridgehead atoms. The molecule has 1 unspecified atom stereocenters. The van der Waals surface area contributed by atoms with Gasteiger partial charge >= 0.3 is 83.4 Å². The Morgan fingerprint density at radius 3 is 2.00 bits per heavy atom. The van der Waals surface area contributed by atoms with Crippen molar-refractivity contribution in [2.45, 2.75) is 36.7 Å². The number of hydrogen-bond acceptors (Lipinski definition) is 1. The Labute approximate surface area is 83.6 Å². The topological polar surface area (TPSA) is 3.24 Å². The Balaban J connectivity index is 3.58. The summed E-state index contributed by atoms with van der Waals surface area (Å²) in [6, 6.07) is 0. The fourth-order valence-corrected chi connectivity index (χ4v) is 5.49. The molecule has 0 fully saturated rings. The van der Waals surface area contributed by atoms with Gasteiger partial charge in [0, 0.05) is 0 Å². The first-order valence-corrected chi connectivity index (χ1v) is 11.9. The Kier molecular flexibility index (Phi) is 7.39. The first kappa shape index (κ1) is 12.6. The van der Waals surface area contributed by atoms with Gasteiger partial charge in [0.1, 0.15) is 0 Å². The van der Waals surface area contributed by atoms with Crippen LogP contribution in [0.4, 0.5) is 0 Å². The van der Waals surface area contributed by atoms with Crippen molar-refractivity contribution in [2.75, 3.05) is 19.6 Å². The van der Waals surface area contributed by atoms with E-state index in [4.69, 9.17) is 0 Å². The molecule has 0 amide bonds. The second kappa shape index (κ2) is 7.04. The fourth-order valence-electron chi connectivity index (χ4n) is 1.80. The molecule has 0 spiro atoms. The molecule has 72 valence electrons. The summed E-state index contributed by atoms with van der Waals surface area (Å²) in [5.41, 5.74) is 4.98. The standard InChI is InChI=1S/C8H18N.2CH3.Ga/c1-5-9(6-2)7-8(3)4;;;/h8H,3,5-7H2,1-2,4H3;2*1H3;. The van der Waals surface area contributed by atoms with Gasteiger partial charge in [0.25, 0.3) is 0 Å². The molecule has 12 heavy (non-hydrogen) atoms. The number of hydrogen-bond donors (Lipinski definition) is 0. The summed E-state index contributed by atoms with van der Waals surface area (Å²) >= 11 is -0.749. The SMILES string of the molecule is CCN(CC)CC(C)[CH2][Ga]([CH3])[CH3]. The summed E-state index contributed by atoms with van der Waals surface area (Å²) in [6.07, 6.45) is 0. The van der Waals surface area contributed by atoms with Crippen molar-refractivity contribution < 1.29 is 0 Å². The van der Waals surface area contributed by atoms with Gasteiger partial charge in [-0.3, -0.25) is 0 Å². The monoisotopic (exact) mass is 227 g/mol. The minimum absolute atomic E-state index is 0.749. The Hall–Kier alpha value is 0.596. The fraction of sp³-hybridized carbons (Fsp3) is 1.00. The van der Waals surface area contributed by atoms with Gasteiger partial charge < -0.3 is 0 Å². The van der Waals surface area contributed by atoms with Crippen LogP contribution in [0.15, 0.2) is 0 Å². The van der Waals surface area contributed by atoms with Crippen LogP contribution in [-0.4, -0.2) is 40.8 Å². The average Bonchev–Trinajstić information content (AvgIpc) is 1.98. The quantitative estimate of drug-likeness (QED) is 0.631. The van der Waals surface area contributed by atoms with Crippen LogP contribution in [0.25, 0.3) is 0 Å². The predicted molar refractivity (Wildman–Crippen MR) is 59.2 cm³/mol. The molecule has 0 aliphatic rings. The average molecular weight is 228 g/mol. The van der Waals surface area contributed by atoms with Crippen molar-refractivity contribution in [1.82, 2.24) is 4.90 Å². The molecule has 0 saturated carbocycles. The summed E-state index contributed by atoms with van der Waals surface area (Å²) in [5.74, 6) is 0.935. The molecule has 0 aromatic rings. The molecule has 0 rings (SSSR count). The van der Waals surface area contributed by atoms with E-state index in [1.54, 1.807) is 4.98 Å². The zero-order valence-electron chi connectivity index (χ0n) is 9.43. The van der Waals surface area contributed by atoms with Crippen LogP contribution in [-0.2, 0) is 0 Å². The maximum absolute atomic E-state index is 2.54. The molecule has 1 nitrogen and oxygen atoms in total. The van der Waals surface area contributed by atoms with E-state index in [-0.39, 0.29) is 0 Å². The molecular weight excluding hydrogens is 204 g/mol. The number of rotatable bonds is 6. The second-order valence-electron chi connectivity index (χ2n) is 4.22. The van der Waals surface area contributed by atoms with Crippen molar-refractivity contribution in [3.63, 3.8) is 0 Å². The van der Waals surface area contributed by atoms with Crippen molar-refractivity contribution in [3.05, 3.63) is 0 Å². The molecule has 0 N–H and O–H groups in total. The van der Waals surface area contributed by atoms with E-state index in [9.17, 15) is 0 Å². The van der Waals surface area contributed by atoms with Crippen molar-refractivity contribution in [2.24, 2.45) is 5.92 Å². The Bertz CT molecular complexity index is 100. The predicted octanol–water partition coefficient (Wildman–Crippen LogP) is 2.72. The van der Waals surface area contributed by atoms with E-state index < -0.39 is 16.2 Å². The molecular formula is C10H24GaN. The van der Waals surface area contributed by atoms with E-state index in [0.717, 1.165) is 5.92 Å². The Morgan fingerprint density at radius 1 is 1.17 bits per heavy atom. The van der Waals surface area contributed by atoms with Gasteiger partial charge in [-0.05, 0) is 0 Å². The van der Waals surface area contributed by atoms with Gasteiger partial charge in [0.05, 0.1) is 0 Å². The van der Waals surface area contributed by atoms with Crippen LogP contribution in [0.1, 0.15) is 20.8 Å². The van der Waals surface area contributed by atoms with Crippen LogP contribution >= 0.6 is 0 Å². The van der Waals surface area contributed by atoms with Crippen molar-refractivity contribution >= 4 is 16.2 Å². The van der Waals surface area contributed by atoms with E-state index in [0.29, 0.717) is 0 Å². The van der Waals surface area contributed by atoms with Crippen LogP contribution in [0, 0.1) is 5.92 Å². The molecule has 0 heterocycles. The van der Waals surface area contributed by atoms with Gasteiger partial charge in [-0.25, -0.2) is 0 Å². The van der Waals surface area contributed by atoms with Crippen LogP contribution in [0.2, 0.25) is 15.9 Å². The zero-order chi connectivity index (χ0) is 9.56. The maximum atomic E-state index is 2.54. The summed E-state index contributed by atoms with van der Waals surface area (Å²) in [6.45, 7) is 10.7. The van der Waals surface area contributed by atoms with E-state index in [1.165, 1.54) is 19.6 Å². The number of nitrogens with zero attached hydrogens (tertiary/aromatic N) is 1. The Morgan fingerprint density at radius 2 is 1.67 bits per heavy atom. The van der Waals surface area contributed by atoms with Crippen LogP contribution in [0.3, 0.4) is 0 Å². The van der Waals surface area contributed by atoms with Gasteiger partial charge in [0.2, 0.25) is 0 Å². The third-order valence-corrected chi connectivity index (χ3v) is 6.00. The minimum atomic E-state index is -0.749. The molecule has 0 aromatic carbocycles. The second-order valence-corrected chi connectivity index (χ2v) is 11.1. The van der Waals surface area contributed by atoms with Gasteiger partial charge in [-0.15, -0.1) is 0 Å². The molecule has 0 aliphatic carbocycles. The van der Waals surface area contributed by atoms with Crippen molar-refractivity contribution in [1.29, 1.82) is 0 Å². The van der Waals surface area contributed by atoms with E-state index >= 15 is 0 Å². The first-order valence-electron chi connectivity index (χ1n) is 5.32.